The first-order valence-electron chi connectivity index (χ1n) is 9.58. The standard InChI is InChI=1S/C21H25BrClN3O4S/c1-4-24-21(28)15(2)25(13-16-7-5-6-8-19(16)23)20(27)14-26(31(3,29)30)18-11-9-17(22)10-12-18/h5-12,15H,4,13-14H2,1-3H3,(H,24,28)/t15-/m0/s1. The maximum absolute atomic E-state index is 13.3. The molecular formula is C21H25BrClN3O4S. The maximum atomic E-state index is 13.3. The molecule has 2 rings (SSSR count). The van der Waals surface area contributed by atoms with Crippen LogP contribution >= 0.6 is 27.5 Å². The second kappa shape index (κ2) is 11.0. The van der Waals surface area contributed by atoms with Crippen molar-refractivity contribution in [1.29, 1.82) is 0 Å². The van der Waals surface area contributed by atoms with E-state index in [-0.39, 0.29) is 12.5 Å². The van der Waals surface area contributed by atoms with Crippen LogP contribution < -0.4 is 9.62 Å². The molecular weight excluding hydrogens is 506 g/mol. The molecule has 0 aliphatic rings. The van der Waals surface area contributed by atoms with Crippen LogP contribution in [0.2, 0.25) is 5.02 Å². The van der Waals surface area contributed by atoms with Crippen LogP contribution in [0, 0.1) is 0 Å². The number of halogens is 2. The third-order valence-electron chi connectivity index (χ3n) is 4.61. The van der Waals surface area contributed by atoms with Crippen molar-refractivity contribution in [3.63, 3.8) is 0 Å². The van der Waals surface area contributed by atoms with Gasteiger partial charge < -0.3 is 10.2 Å². The topological polar surface area (TPSA) is 86.8 Å². The van der Waals surface area contributed by atoms with Gasteiger partial charge in [0.2, 0.25) is 21.8 Å². The molecule has 168 valence electrons. The number of nitrogens with zero attached hydrogens (tertiary/aromatic N) is 2. The number of nitrogens with one attached hydrogen (secondary N) is 1. The van der Waals surface area contributed by atoms with E-state index in [0.29, 0.717) is 22.8 Å². The fourth-order valence-electron chi connectivity index (χ4n) is 2.94. The minimum absolute atomic E-state index is 0.0642. The summed E-state index contributed by atoms with van der Waals surface area (Å²) in [4.78, 5) is 27.1. The van der Waals surface area contributed by atoms with E-state index in [1.54, 1.807) is 62.4 Å². The Morgan fingerprint density at radius 2 is 1.74 bits per heavy atom. The fourth-order valence-corrected chi connectivity index (χ4v) is 4.25. The zero-order valence-electron chi connectivity index (χ0n) is 17.5. The number of likely N-dealkylation sites (N-methyl/N-ethyl adjacent to an activating group) is 1. The van der Waals surface area contributed by atoms with Gasteiger partial charge in [-0.2, -0.15) is 0 Å². The van der Waals surface area contributed by atoms with Crippen molar-refractivity contribution >= 4 is 55.1 Å². The zero-order valence-corrected chi connectivity index (χ0v) is 20.7. The minimum atomic E-state index is -3.75. The van der Waals surface area contributed by atoms with Crippen LogP contribution in [0.4, 0.5) is 5.69 Å². The molecule has 0 fully saturated rings. The van der Waals surface area contributed by atoms with E-state index in [2.05, 4.69) is 21.2 Å². The van der Waals surface area contributed by atoms with Gasteiger partial charge in [0.25, 0.3) is 0 Å². The molecule has 0 saturated carbocycles. The van der Waals surface area contributed by atoms with Crippen LogP contribution in [0.1, 0.15) is 19.4 Å². The molecule has 0 aliphatic heterocycles. The summed E-state index contributed by atoms with van der Waals surface area (Å²) >= 11 is 9.57. The second-order valence-electron chi connectivity index (χ2n) is 6.93. The first-order chi connectivity index (χ1) is 14.5. The lowest BCUT2D eigenvalue weighted by Crippen LogP contribution is -2.51. The molecule has 0 unspecified atom stereocenters. The van der Waals surface area contributed by atoms with Crippen LogP contribution in [-0.2, 0) is 26.2 Å². The minimum Gasteiger partial charge on any atom is -0.355 e. The van der Waals surface area contributed by atoms with E-state index in [1.165, 1.54) is 4.90 Å². The average molecular weight is 531 g/mol. The summed E-state index contributed by atoms with van der Waals surface area (Å²) in [6.07, 6.45) is 1.04. The zero-order chi connectivity index (χ0) is 23.2. The smallest absolute Gasteiger partial charge is 0.244 e. The largest absolute Gasteiger partial charge is 0.355 e. The molecule has 0 saturated heterocycles. The number of hydrogen-bond acceptors (Lipinski definition) is 4. The van der Waals surface area contributed by atoms with Crippen molar-refractivity contribution < 1.29 is 18.0 Å². The third kappa shape index (κ3) is 6.95. The van der Waals surface area contributed by atoms with Gasteiger partial charge in [0.15, 0.2) is 0 Å². The first-order valence-corrected chi connectivity index (χ1v) is 12.6. The molecule has 0 bridgehead atoms. The molecule has 10 heteroatoms. The lowest BCUT2D eigenvalue weighted by molar-refractivity contribution is -0.139. The number of hydrogen-bond donors (Lipinski definition) is 1. The van der Waals surface area contributed by atoms with E-state index in [4.69, 9.17) is 11.6 Å². The lowest BCUT2D eigenvalue weighted by Gasteiger charge is -2.31. The van der Waals surface area contributed by atoms with Gasteiger partial charge in [-0.25, -0.2) is 8.42 Å². The maximum Gasteiger partial charge on any atom is 0.244 e. The second-order valence-corrected chi connectivity index (χ2v) is 10.2. The molecule has 1 N–H and O–H groups in total. The number of sulfonamides is 1. The Kier molecular flexibility index (Phi) is 8.90. The van der Waals surface area contributed by atoms with Crippen molar-refractivity contribution in [2.75, 3.05) is 23.7 Å². The lowest BCUT2D eigenvalue weighted by atomic mass is 10.1. The predicted octanol–water partition coefficient (Wildman–Crippen LogP) is 3.42. The van der Waals surface area contributed by atoms with Gasteiger partial charge in [-0.3, -0.25) is 13.9 Å². The molecule has 2 amide bonds. The summed E-state index contributed by atoms with van der Waals surface area (Å²) in [6, 6.07) is 12.8. The summed E-state index contributed by atoms with van der Waals surface area (Å²) in [5.41, 5.74) is 1.01. The molecule has 0 radical (unpaired) electrons. The van der Waals surface area contributed by atoms with Gasteiger partial charge in [0.1, 0.15) is 12.6 Å². The Bertz CT molecular complexity index is 1030. The van der Waals surface area contributed by atoms with Crippen molar-refractivity contribution in [3.8, 4) is 0 Å². The molecule has 31 heavy (non-hydrogen) atoms. The Hall–Kier alpha value is -2.10. The van der Waals surface area contributed by atoms with E-state index >= 15 is 0 Å². The van der Waals surface area contributed by atoms with Gasteiger partial charge in [0.05, 0.1) is 11.9 Å². The van der Waals surface area contributed by atoms with Crippen molar-refractivity contribution in [2.45, 2.75) is 26.4 Å². The van der Waals surface area contributed by atoms with Gasteiger partial charge in [-0.15, -0.1) is 0 Å². The monoisotopic (exact) mass is 529 g/mol. The van der Waals surface area contributed by atoms with E-state index in [9.17, 15) is 18.0 Å². The number of benzene rings is 2. The van der Waals surface area contributed by atoms with Crippen LogP contribution in [0.5, 0.6) is 0 Å². The van der Waals surface area contributed by atoms with Crippen molar-refractivity contribution in [3.05, 3.63) is 63.6 Å². The molecule has 0 aliphatic carbocycles. The Morgan fingerprint density at radius 1 is 1.13 bits per heavy atom. The summed E-state index contributed by atoms with van der Waals surface area (Å²) < 4.78 is 26.7. The van der Waals surface area contributed by atoms with Crippen molar-refractivity contribution in [2.24, 2.45) is 0 Å². The third-order valence-corrected chi connectivity index (χ3v) is 6.65. The van der Waals surface area contributed by atoms with E-state index in [0.717, 1.165) is 15.0 Å². The molecule has 0 heterocycles. The molecule has 2 aromatic carbocycles. The van der Waals surface area contributed by atoms with Crippen LogP contribution in [0.3, 0.4) is 0 Å². The quantitative estimate of drug-likeness (QED) is 0.538. The van der Waals surface area contributed by atoms with Gasteiger partial charge in [-0.1, -0.05) is 45.7 Å². The molecule has 1 atom stereocenters. The number of carbonyl (C=O) groups excluding carboxylic acids is 2. The normalized spacial score (nSPS) is 12.2. The number of amides is 2. The highest BCUT2D eigenvalue weighted by molar-refractivity contribution is 9.10. The number of rotatable bonds is 9. The average Bonchev–Trinajstić information content (AvgIpc) is 2.71. The SMILES string of the molecule is CCNC(=O)[C@H](C)N(Cc1ccccc1Cl)C(=O)CN(c1ccc(Br)cc1)S(C)(=O)=O. The summed E-state index contributed by atoms with van der Waals surface area (Å²) in [5.74, 6) is -0.857. The first kappa shape index (κ1) is 25.2. The highest BCUT2D eigenvalue weighted by Gasteiger charge is 2.30. The van der Waals surface area contributed by atoms with Crippen LogP contribution in [0.25, 0.3) is 0 Å². The number of anilines is 1. The Balaban J connectivity index is 2.38. The van der Waals surface area contributed by atoms with Gasteiger partial charge >= 0.3 is 0 Å². The summed E-state index contributed by atoms with van der Waals surface area (Å²) in [5, 5.41) is 3.15. The van der Waals surface area contributed by atoms with Crippen molar-refractivity contribution in [1.82, 2.24) is 10.2 Å². The van der Waals surface area contributed by atoms with E-state index < -0.39 is 28.5 Å². The van der Waals surface area contributed by atoms with E-state index in [1.807, 2.05) is 0 Å². The van der Waals surface area contributed by atoms with Gasteiger partial charge in [0, 0.05) is 22.6 Å². The molecule has 0 spiro atoms. The highest BCUT2D eigenvalue weighted by Crippen LogP contribution is 2.23. The Morgan fingerprint density at radius 3 is 2.29 bits per heavy atom. The summed E-state index contributed by atoms with van der Waals surface area (Å²) in [6.45, 7) is 3.41. The summed E-state index contributed by atoms with van der Waals surface area (Å²) in [7, 11) is -3.75. The molecule has 0 aromatic heterocycles. The fraction of sp³-hybridized carbons (Fsp3) is 0.333. The molecule has 7 nitrogen and oxygen atoms in total. The van der Waals surface area contributed by atoms with Gasteiger partial charge in [-0.05, 0) is 49.7 Å². The molecule has 2 aromatic rings. The highest BCUT2D eigenvalue weighted by atomic mass is 79.9. The van der Waals surface area contributed by atoms with Crippen LogP contribution in [0.15, 0.2) is 53.0 Å². The predicted molar refractivity (Wildman–Crippen MR) is 126 cm³/mol. The number of carbonyl (C=O) groups is 2. The Labute approximate surface area is 196 Å². The van der Waals surface area contributed by atoms with Crippen LogP contribution in [-0.4, -0.2) is 50.5 Å².